The van der Waals surface area contributed by atoms with Gasteiger partial charge in [0.15, 0.2) is 6.29 Å². The number of unbranched alkanes of at least 4 members (excludes halogenated alkanes) is 40. The molecular formula is C76H137NO10. The highest BCUT2D eigenvalue weighted by Gasteiger charge is 2.44. The lowest BCUT2D eigenvalue weighted by Gasteiger charge is -2.40. The number of carbonyl (C=O) groups excluding carboxylic acids is 2. The fourth-order valence-electron chi connectivity index (χ4n) is 11.3. The van der Waals surface area contributed by atoms with Crippen molar-refractivity contribution in [1.29, 1.82) is 0 Å². The maximum atomic E-state index is 13.0. The Labute approximate surface area is 534 Å². The number of allylic oxidation sites excluding steroid dienone is 11. The molecule has 0 aromatic rings. The normalized spacial score (nSPS) is 18.3. The van der Waals surface area contributed by atoms with E-state index in [1.807, 2.05) is 6.08 Å². The molecule has 1 aliphatic heterocycles. The summed E-state index contributed by atoms with van der Waals surface area (Å²) in [5.41, 5.74) is 0. The van der Waals surface area contributed by atoms with Gasteiger partial charge in [-0.05, 0) is 109 Å². The molecule has 7 unspecified atom stereocenters. The third-order valence-electron chi connectivity index (χ3n) is 17.0. The number of ether oxygens (including phenoxy) is 3. The maximum Gasteiger partial charge on any atom is 0.305 e. The smallest absolute Gasteiger partial charge is 0.305 e. The zero-order valence-electron chi connectivity index (χ0n) is 56.2. The van der Waals surface area contributed by atoms with Gasteiger partial charge in [0, 0.05) is 12.8 Å². The van der Waals surface area contributed by atoms with Gasteiger partial charge < -0.3 is 45.1 Å². The van der Waals surface area contributed by atoms with Crippen LogP contribution in [-0.4, -0.2) is 100 Å². The van der Waals surface area contributed by atoms with Crippen molar-refractivity contribution in [3.8, 4) is 0 Å². The number of nitrogens with one attached hydrogen (secondary N) is 1. The van der Waals surface area contributed by atoms with E-state index in [1.165, 1.54) is 231 Å². The van der Waals surface area contributed by atoms with Crippen LogP contribution >= 0.6 is 0 Å². The standard InChI is InChI=1S/C76H137NO10/c1-3-5-7-9-11-13-15-16-41-44-48-52-56-60-64-72(81)85-65-61-57-53-49-45-42-39-37-35-33-31-29-27-25-23-21-19-17-18-20-22-24-26-28-30-32-34-36-38-40-43-47-51-55-59-63-71(80)77-68(67-86-76-75(84)74(83)73(82)70(66-78)87-76)69(79)62-58-54-50-46-14-12-10-8-6-4-2/h6,8,14-16,19,21,25,27,46,58,62,68-70,73-76,78-79,82-84H,3-5,7,9-13,17-18,20,22-24,26,28-45,47-57,59-61,63-67H2,1-2H3,(H,77,80)/b8-6+,16-15-,21-19-,27-25-,46-14+,62-58+. The summed E-state index contributed by atoms with van der Waals surface area (Å²) in [5.74, 6) is -0.195. The molecule has 1 aliphatic rings. The Morgan fingerprint density at radius 2 is 0.816 bits per heavy atom. The zero-order valence-corrected chi connectivity index (χ0v) is 56.2. The molecule has 0 aromatic carbocycles. The number of aliphatic hydroxyl groups is 5. The first-order valence-electron chi connectivity index (χ1n) is 36.7. The average Bonchev–Trinajstić information content (AvgIpc) is 2.25. The number of carbonyl (C=O) groups is 2. The van der Waals surface area contributed by atoms with Crippen molar-refractivity contribution in [1.82, 2.24) is 5.32 Å². The van der Waals surface area contributed by atoms with Crippen LogP contribution in [0.4, 0.5) is 0 Å². The fraction of sp³-hybridized carbons (Fsp3) is 0.816. The molecule has 1 fully saturated rings. The Balaban J connectivity index is 1.91. The summed E-state index contributed by atoms with van der Waals surface area (Å²) < 4.78 is 16.7. The molecule has 1 amide bonds. The predicted molar refractivity (Wildman–Crippen MR) is 366 cm³/mol. The Bertz CT molecular complexity index is 1680. The van der Waals surface area contributed by atoms with Crippen molar-refractivity contribution < 1.29 is 49.3 Å². The van der Waals surface area contributed by atoms with Crippen molar-refractivity contribution in [3.63, 3.8) is 0 Å². The molecule has 506 valence electrons. The largest absolute Gasteiger partial charge is 0.466 e. The summed E-state index contributed by atoms with van der Waals surface area (Å²) in [6.45, 7) is 4.21. The van der Waals surface area contributed by atoms with Crippen LogP contribution in [0.25, 0.3) is 0 Å². The van der Waals surface area contributed by atoms with Crippen molar-refractivity contribution >= 4 is 11.9 Å². The van der Waals surface area contributed by atoms with E-state index in [9.17, 15) is 35.1 Å². The highest BCUT2D eigenvalue weighted by Crippen LogP contribution is 2.23. The predicted octanol–water partition coefficient (Wildman–Crippen LogP) is 19.1. The third-order valence-corrected chi connectivity index (χ3v) is 17.0. The van der Waals surface area contributed by atoms with E-state index in [1.54, 1.807) is 6.08 Å². The minimum absolute atomic E-state index is 0.000848. The van der Waals surface area contributed by atoms with Gasteiger partial charge in [0.25, 0.3) is 0 Å². The van der Waals surface area contributed by atoms with Crippen molar-refractivity contribution in [2.24, 2.45) is 0 Å². The van der Waals surface area contributed by atoms with Gasteiger partial charge in [-0.3, -0.25) is 9.59 Å². The number of hydrogen-bond acceptors (Lipinski definition) is 10. The second kappa shape index (κ2) is 64.6. The maximum absolute atomic E-state index is 13.0. The van der Waals surface area contributed by atoms with Gasteiger partial charge >= 0.3 is 5.97 Å². The topological polar surface area (TPSA) is 175 Å². The highest BCUT2D eigenvalue weighted by molar-refractivity contribution is 5.76. The van der Waals surface area contributed by atoms with Gasteiger partial charge in [0.2, 0.25) is 5.91 Å². The molecule has 1 saturated heterocycles. The summed E-state index contributed by atoms with van der Waals surface area (Å²) in [5, 5.41) is 54.3. The van der Waals surface area contributed by atoms with Crippen LogP contribution in [0.2, 0.25) is 0 Å². The lowest BCUT2D eigenvalue weighted by atomic mass is 9.99. The number of hydrogen-bond donors (Lipinski definition) is 6. The monoisotopic (exact) mass is 1220 g/mol. The molecule has 0 radical (unpaired) electrons. The van der Waals surface area contributed by atoms with Gasteiger partial charge in [0.05, 0.1) is 32.0 Å². The molecule has 0 saturated carbocycles. The molecule has 0 bridgehead atoms. The zero-order chi connectivity index (χ0) is 63.0. The molecule has 0 spiro atoms. The molecule has 11 nitrogen and oxygen atoms in total. The number of rotatable bonds is 64. The lowest BCUT2D eigenvalue weighted by molar-refractivity contribution is -0.302. The van der Waals surface area contributed by atoms with Crippen LogP contribution in [0.3, 0.4) is 0 Å². The molecule has 11 heteroatoms. The number of esters is 1. The van der Waals surface area contributed by atoms with Crippen molar-refractivity contribution in [2.75, 3.05) is 19.8 Å². The van der Waals surface area contributed by atoms with Crippen LogP contribution in [-0.2, 0) is 23.8 Å². The Morgan fingerprint density at radius 3 is 1.26 bits per heavy atom. The van der Waals surface area contributed by atoms with Crippen LogP contribution in [0.1, 0.15) is 335 Å². The van der Waals surface area contributed by atoms with Gasteiger partial charge in [-0.25, -0.2) is 0 Å². The van der Waals surface area contributed by atoms with Crippen LogP contribution < -0.4 is 5.32 Å². The quantitative estimate of drug-likeness (QED) is 0.0195. The van der Waals surface area contributed by atoms with Gasteiger partial charge in [-0.15, -0.1) is 0 Å². The summed E-state index contributed by atoms with van der Waals surface area (Å²) in [7, 11) is 0. The summed E-state index contributed by atoms with van der Waals surface area (Å²) >= 11 is 0. The molecule has 7 atom stereocenters. The van der Waals surface area contributed by atoms with E-state index >= 15 is 0 Å². The first-order chi connectivity index (χ1) is 42.7. The van der Waals surface area contributed by atoms with E-state index in [2.05, 4.69) is 79.9 Å². The highest BCUT2D eigenvalue weighted by atomic mass is 16.7. The summed E-state index contributed by atoms with van der Waals surface area (Å²) in [4.78, 5) is 25.1. The van der Waals surface area contributed by atoms with Gasteiger partial charge in [-0.2, -0.15) is 0 Å². The fourth-order valence-corrected chi connectivity index (χ4v) is 11.3. The van der Waals surface area contributed by atoms with Gasteiger partial charge in [0.1, 0.15) is 24.4 Å². The first kappa shape index (κ1) is 82.1. The average molecular weight is 1220 g/mol. The van der Waals surface area contributed by atoms with Gasteiger partial charge in [-0.1, -0.05) is 286 Å². The number of amides is 1. The van der Waals surface area contributed by atoms with E-state index in [-0.39, 0.29) is 18.5 Å². The lowest BCUT2D eigenvalue weighted by Crippen LogP contribution is -2.60. The number of aliphatic hydroxyl groups excluding tert-OH is 5. The minimum Gasteiger partial charge on any atom is -0.466 e. The Kier molecular flexibility index (Phi) is 61.0. The Hall–Kier alpha value is -2.90. The van der Waals surface area contributed by atoms with Crippen LogP contribution in [0.15, 0.2) is 72.9 Å². The van der Waals surface area contributed by atoms with E-state index in [0.717, 1.165) is 77.0 Å². The van der Waals surface area contributed by atoms with Crippen molar-refractivity contribution in [2.45, 2.75) is 378 Å². The van der Waals surface area contributed by atoms with Crippen LogP contribution in [0.5, 0.6) is 0 Å². The molecule has 87 heavy (non-hydrogen) atoms. The molecule has 0 aromatic heterocycles. The summed E-state index contributed by atoms with van der Waals surface area (Å²) in [6.07, 6.45) is 77.9. The second-order valence-corrected chi connectivity index (χ2v) is 25.2. The van der Waals surface area contributed by atoms with E-state index in [0.29, 0.717) is 19.4 Å². The molecule has 1 heterocycles. The van der Waals surface area contributed by atoms with Crippen LogP contribution in [0, 0.1) is 0 Å². The SMILES string of the molecule is CC/C=C/CC/C=C/CC/C=C/C(O)C(COC1OC(CO)C(O)C(O)C1O)NC(=O)CCCCCCCCCCCCCCCCCCC/C=C\C/C=C\CCCCCCCCCCCCCOC(=O)CCCCCCC/C=C\CCCCCCC. The molecular weight excluding hydrogens is 1090 g/mol. The molecule has 1 rings (SSSR count). The summed E-state index contributed by atoms with van der Waals surface area (Å²) in [6, 6.07) is -0.833. The first-order valence-corrected chi connectivity index (χ1v) is 36.7. The minimum atomic E-state index is -1.58. The second-order valence-electron chi connectivity index (χ2n) is 25.2. The molecule has 0 aliphatic carbocycles. The van der Waals surface area contributed by atoms with E-state index < -0.39 is 49.5 Å². The van der Waals surface area contributed by atoms with E-state index in [4.69, 9.17) is 14.2 Å². The van der Waals surface area contributed by atoms with Crippen molar-refractivity contribution in [3.05, 3.63) is 72.9 Å². The third kappa shape index (κ3) is 53.5. The molecule has 6 N–H and O–H groups in total. The Morgan fingerprint density at radius 1 is 0.437 bits per heavy atom.